The molecule has 5 aromatic heterocycles. The number of fused-ring (bicyclic) bond motifs is 5. The van der Waals surface area contributed by atoms with Gasteiger partial charge >= 0.3 is 0 Å². The molecule has 0 aliphatic carbocycles. The fraction of sp³-hybridized carbons (Fsp3) is 0. The Morgan fingerprint density at radius 3 is 1.51 bits per heavy atom. The largest absolute Gasteiger partial charge is 0.456 e. The zero-order valence-electron chi connectivity index (χ0n) is 25.8. The van der Waals surface area contributed by atoms with E-state index in [9.17, 15) is 10.5 Å². The van der Waals surface area contributed by atoms with E-state index in [1.165, 1.54) is 0 Å². The zero-order chi connectivity index (χ0) is 32.9. The van der Waals surface area contributed by atoms with E-state index < -0.39 is 0 Å². The molecule has 0 saturated heterocycles. The summed E-state index contributed by atoms with van der Waals surface area (Å²) in [5.41, 5.74) is 9.04. The minimum atomic E-state index is 0.474. The first kappa shape index (κ1) is 28.0. The van der Waals surface area contributed by atoms with Crippen molar-refractivity contribution in [2.45, 2.75) is 0 Å². The number of nitriles is 2. The monoisotopic (exact) mass is 626 g/mol. The predicted molar refractivity (Wildman–Crippen MR) is 191 cm³/mol. The molecule has 9 aromatic rings. The number of hydrogen-bond donors (Lipinski definition) is 0. The van der Waals surface area contributed by atoms with E-state index in [-0.39, 0.29) is 0 Å². The molecule has 9 rings (SSSR count). The first-order valence-corrected chi connectivity index (χ1v) is 15.6. The number of hydrogen-bond acceptors (Lipinski definition) is 7. The molecule has 0 amide bonds. The van der Waals surface area contributed by atoms with Gasteiger partial charge in [-0.1, -0.05) is 54.6 Å². The van der Waals surface area contributed by atoms with Gasteiger partial charge in [-0.3, -0.25) is 9.97 Å². The highest BCUT2D eigenvalue weighted by molar-refractivity contribution is 6.24. The van der Waals surface area contributed by atoms with Crippen LogP contribution >= 0.6 is 0 Å². The van der Waals surface area contributed by atoms with Crippen molar-refractivity contribution in [3.8, 4) is 57.2 Å². The molecule has 0 radical (unpaired) electrons. The smallest absolute Gasteiger partial charge is 0.136 e. The molecule has 0 spiro atoms. The van der Waals surface area contributed by atoms with E-state index in [1.807, 2.05) is 66.7 Å². The standard InChI is InChI=1S/C42H22N6O/c43-19-25-15-27(23-45-21-25)35-10-5-12-37(47-35)41-30-8-1-2-9-31(30)42(38-13-6-11-36(48-38)28-16-26(20-44)22-46-24-28)34-18-40-32(17-33(34)41)29-7-3-4-14-39(29)49-40/h1-18,21-24H. The fourth-order valence-corrected chi connectivity index (χ4v) is 6.70. The third kappa shape index (κ3) is 4.66. The second kappa shape index (κ2) is 11.2. The lowest BCUT2D eigenvalue weighted by molar-refractivity contribution is 0.669. The average molecular weight is 627 g/mol. The molecular weight excluding hydrogens is 605 g/mol. The van der Waals surface area contributed by atoms with Crippen molar-refractivity contribution in [3.63, 3.8) is 0 Å². The first-order chi connectivity index (χ1) is 24.2. The Bertz CT molecular complexity index is 2880. The van der Waals surface area contributed by atoms with Gasteiger partial charge in [0.15, 0.2) is 0 Å². The third-order valence-corrected chi connectivity index (χ3v) is 8.86. The van der Waals surface area contributed by atoms with Crippen molar-refractivity contribution in [2.24, 2.45) is 0 Å². The second-order valence-electron chi connectivity index (χ2n) is 11.8. The van der Waals surface area contributed by atoms with Gasteiger partial charge in [-0.05, 0) is 76.1 Å². The highest BCUT2D eigenvalue weighted by atomic mass is 16.3. The van der Waals surface area contributed by atoms with E-state index in [1.54, 1.807) is 36.9 Å². The topological polar surface area (TPSA) is 112 Å². The number of para-hydroxylation sites is 1. The van der Waals surface area contributed by atoms with E-state index in [0.29, 0.717) is 11.1 Å². The van der Waals surface area contributed by atoms with Crippen molar-refractivity contribution in [2.75, 3.05) is 0 Å². The van der Waals surface area contributed by atoms with Crippen LogP contribution in [0.15, 0.2) is 138 Å². The van der Waals surface area contributed by atoms with E-state index in [0.717, 1.165) is 88.5 Å². The maximum Gasteiger partial charge on any atom is 0.136 e. The molecule has 4 aromatic carbocycles. The van der Waals surface area contributed by atoms with Gasteiger partial charge in [0, 0.05) is 57.8 Å². The molecule has 0 fully saturated rings. The Hall–Kier alpha value is -7.22. The fourth-order valence-electron chi connectivity index (χ4n) is 6.70. The Morgan fingerprint density at radius 1 is 0.429 bits per heavy atom. The van der Waals surface area contributed by atoms with Crippen LogP contribution in [0.3, 0.4) is 0 Å². The van der Waals surface area contributed by atoms with Crippen LogP contribution in [0.2, 0.25) is 0 Å². The summed E-state index contributed by atoms with van der Waals surface area (Å²) in [5.74, 6) is 0. The molecule has 49 heavy (non-hydrogen) atoms. The highest BCUT2D eigenvalue weighted by Crippen LogP contribution is 2.46. The molecule has 226 valence electrons. The van der Waals surface area contributed by atoms with Gasteiger partial charge in [0.05, 0.1) is 33.9 Å². The lowest BCUT2D eigenvalue weighted by Gasteiger charge is -2.18. The van der Waals surface area contributed by atoms with Gasteiger partial charge < -0.3 is 4.42 Å². The van der Waals surface area contributed by atoms with Crippen LogP contribution in [-0.2, 0) is 0 Å². The highest BCUT2D eigenvalue weighted by Gasteiger charge is 2.21. The molecule has 0 N–H and O–H groups in total. The minimum Gasteiger partial charge on any atom is -0.456 e. The molecular formula is C42H22N6O. The summed E-state index contributed by atoms with van der Waals surface area (Å²) in [6, 6.07) is 40.6. The molecule has 7 nitrogen and oxygen atoms in total. The predicted octanol–water partition coefficient (Wildman–Crippen LogP) is 9.88. The van der Waals surface area contributed by atoms with Crippen LogP contribution in [0.5, 0.6) is 0 Å². The molecule has 0 atom stereocenters. The molecule has 0 bridgehead atoms. The van der Waals surface area contributed by atoms with Gasteiger partial charge in [-0.15, -0.1) is 0 Å². The van der Waals surface area contributed by atoms with Crippen LogP contribution in [0.4, 0.5) is 0 Å². The summed E-state index contributed by atoms with van der Waals surface area (Å²) in [5, 5.41) is 25.0. The number of rotatable bonds is 4. The summed E-state index contributed by atoms with van der Waals surface area (Å²) >= 11 is 0. The van der Waals surface area contributed by atoms with Gasteiger partial charge in [0.2, 0.25) is 0 Å². The molecule has 0 saturated carbocycles. The molecule has 7 heteroatoms. The Kier molecular flexibility index (Phi) is 6.43. The summed E-state index contributed by atoms with van der Waals surface area (Å²) in [4.78, 5) is 18.9. The van der Waals surface area contributed by atoms with Gasteiger partial charge in [0.25, 0.3) is 0 Å². The SMILES string of the molecule is N#Cc1cncc(-c2cccc(-c3c4ccccc4c(-c4cccc(-c5cncc(C#N)c5)n4)c4cc5c(cc34)oc3ccccc35)n2)c1. The molecule has 0 aliphatic rings. The van der Waals surface area contributed by atoms with Crippen LogP contribution in [0, 0.1) is 22.7 Å². The van der Waals surface area contributed by atoms with Crippen molar-refractivity contribution in [1.29, 1.82) is 10.5 Å². The maximum absolute atomic E-state index is 9.51. The lowest BCUT2D eigenvalue weighted by atomic mass is 9.87. The second-order valence-corrected chi connectivity index (χ2v) is 11.8. The number of nitrogens with zero attached hydrogens (tertiary/aromatic N) is 6. The number of pyridine rings is 4. The third-order valence-electron chi connectivity index (χ3n) is 8.86. The van der Waals surface area contributed by atoms with Crippen LogP contribution in [0.25, 0.3) is 88.5 Å². The van der Waals surface area contributed by atoms with E-state index in [4.69, 9.17) is 14.4 Å². The molecule has 0 aliphatic heterocycles. The zero-order valence-corrected chi connectivity index (χ0v) is 25.8. The average Bonchev–Trinajstić information content (AvgIpc) is 3.53. The molecule has 0 unspecified atom stereocenters. The van der Waals surface area contributed by atoms with Gasteiger partial charge in [-0.25, -0.2) is 9.97 Å². The summed E-state index contributed by atoms with van der Waals surface area (Å²) in [7, 11) is 0. The number of furan rings is 1. The number of benzene rings is 4. The number of aromatic nitrogens is 4. The maximum atomic E-state index is 9.51. The van der Waals surface area contributed by atoms with Crippen LogP contribution < -0.4 is 0 Å². The van der Waals surface area contributed by atoms with Crippen molar-refractivity contribution in [1.82, 2.24) is 19.9 Å². The molecule has 5 heterocycles. The van der Waals surface area contributed by atoms with Crippen molar-refractivity contribution in [3.05, 3.63) is 145 Å². The lowest BCUT2D eigenvalue weighted by Crippen LogP contribution is -1.96. The van der Waals surface area contributed by atoms with Crippen molar-refractivity contribution < 1.29 is 4.42 Å². The van der Waals surface area contributed by atoms with Crippen LogP contribution in [0.1, 0.15) is 11.1 Å². The van der Waals surface area contributed by atoms with Gasteiger partial charge in [-0.2, -0.15) is 10.5 Å². The van der Waals surface area contributed by atoms with Gasteiger partial charge in [0.1, 0.15) is 23.3 Å². The van der Waals surface area contributed by atoms with E-state index in [2.05, 4.69) is 52.4 Å². The Labute approximate surface area is 280 Å². The normalized spacial score (nSPS) is 11.2. The van der Waals surface area contributed by atoms with E-state index >= 15 is 0 Å². The summed E-state index contributed by atoms with van der Waals surface area (Å²) in [6.07, 6.45) is 6.55. The summed E-state index contributed by atoms with van der Waals surface area (Å²) < 4.78 is 6.42. The minimum absolute atomic E-state index is 0.474. The first-order valence-electron chi connectivity index (χ1n) is 15.6. The summed E-state index contributed by atoms with van der Waals surface area (Å²) in [6.45, 7) is 0. The van der Waals surface area contributed by atoms with Crippen LogP contribution in [-0.4, -0.2) is 19.9 Å². The Balaban J connectivity index is 1.38. The Morgan fingerprint density at radius 2 is 0.939 bits per heavy atom. The quantitative estimate of drug-likeness (QED) is 0.179. The van der Waals surface area contributed by atoms with Crippen molar-refractivity contribution >= 4 is 43.5 Å².